The summed E-state index contributed by atoms with van der Waals surface area (Å²) in [6.07, 6.45) is 3.58. The first-order valence-corrected chi connectivity index (χ1v) is 6.20. The molecule has 15 heavy (non-hydrogen) atoms. The Morgan fingerprint density at radius 1 is 1.27 bits per heavy atom. The van der Waals surface area contributed by atoms with Crippen LogP contribution >= 0.6 is 0 Å². The van der Waals surface area contributed by atoms with Gasteiger partial charge in [-0.2, -0.15) is 0 Å². The topological polar surface area (TPSA) is 38.5 Å². The first-order valence-electron chi connectivity index (χ1n) is 6.20. The van der Waals surface area contributed by atoms with E-state index in [2.05, 4.69) is 18.7 Å². The first-order chi connectivity index (χ1) is 7.20. The molecule has 0 aromatic carbocycles. The molecule has 90 valence electrons. The molecule has 2 N–H and O–H groups in total. The molecule has 0 atom stereocenters. The Labute approximate surface area is 94.0 Å². The summed E-state index contributed by atoms with van der Waals surface area (Å²) in [5.74, 6) is 0. The van der Waals surface area contributed by atoms with Gasteiger partial charge in [-0.25, -0.2) is 0 Å². The third-order valence-corrected chi connectivity index (χ3v) is 3.46. The Morgan fingerprint density at radius 3 is 2.47 bits per heavy atom. The van der Waals surface area contributed by atoms with Crippen molar-refractivity contribution < 1.29 is 4.74 Å². The fourth-order valence-electron chi connectivity index (χ4n) is 1.96. The van der Waals surface area contributed by atoms with Crippen LogP contribution < -0.4 is 5.73 Å². The number of nitrogens with zero attached hydrogens (tertiary/aromatic N) is 1. The minimum Gasteiger partial charge on any atom is -0.380 e. The average Bonchev–Trinajstić information content (AvgIpc) is 2.27. The summed E-state index contributed by atoms with van der Waals surface area (Å²) in [5, 5.41) is 0. The lowest BCUT2D eigenvalue weighted by Crippen LogP contribution is -2.43. The summed E-state index contributed by atoms with van der Waals surface area (Å²) in [5.41, 5.74) is 6.17. The van der Waals surface area contributed by atoms with Gasteiger partial charge in [0.15, 0.2) is 0 Å². The number of piperidine rings is 1. The fourth-order valence-corrected chi connectivity index (χ4v) is 1.96. The molecule has 1 rings (SSSR count). The molecule has 0 radical (unpaired) electrons. The maximum absolute atomic E-state index is 5.78. The van der Waals surface area contributed by atoms with Crippen LogP contribution in [0.4, 0.5) is 0 Å². The van der Waals surface area contributed by atoms with Gasteiger partial charge in [0.1, 0.15) is 0 Å². The Morgan fingerprint density at radius 2 is 1.93 bits per heavy atom. The molecule has 3 heteroatoms. The molecular weight excluding hydrogens is 188 g/mol. The molecule has 0 unspecified atom stereocenters. The second kappa shape index (κ2) is 6.46. The lowest BCUT2D eigenvalue weighted by Gasteiger charge is -2.38. The SMILES string of the molecule is CCCOCCN1CCC(C)(CN)CC1. The van der Waals surface area contributed by atoms with Crippen LogP contribution in [0.1, 0.15) is 33.1 Å². The summed E-state index contributed by atoms with van der Waals surface area (Å²) >= 11 is 0. The summed E-state index contributed by atoms with van der Waals surface area (Å²) < 4.78 is 5.50. The minimum absolute atomic E-state index is 0.390. The molecule has 1 fully saturated rings. The van der Waals surface area contributed by atoms with E-state index in [-0.39, 0.29) is 0 Å². The Bertz CT molecular complexity index is 165. The van der Waals surface area contributed by atoms with Gasteiger partial charge in [-0.3, -0.25) is 0 Å². The van der Waals surface area contributed by atoms with Gasteiger partial charge >= 0.3 is 0 Å². The minimum atomic E-state index is 0.390. The Hall–Kier alpha value is -0.120. The van der Waals surface area contributed by atoms with Gasteiger partial charge in [0, 0.05) is 13.2 Å². The molecule has 1 aliphatic heterocycles. The van der Waals surface area contributed by atoms with Crippen molar-refractivity contribution in [2.75, 3.05) is 39.4 Å². The third kappa shape index (κ3) is 4.49. The molecule has 1 aliphatic rings. The van der Waals surface area contributed by atoms with Crippen LogP contribution in [-0.2, 0) is 4.74 Å². The molecular formula is C12H26N2O. The lowest BCUT2D eigenvalue weighted by molar-refractivity contribution is 0.0713. The van der Waals surface area contributed by atoms with E-state index in [9.17, 15) is 0 Å². The van der Waals surface area contributed by atoms with Crippen molar-refractivity contribution in [3.8, 4) is 0 Å². The number of nitrogens with two attached hydrogens (primary N) is 1. The Balaban J connectivity index is 2.09. The second-order valence-corrected chi connectivity index (χ2v) is 4.97. The predicted molar refractivity (Wildman–Crippen MR) is 63.9 cm³/mol. The van der Waals surface area contributed by atoms with Gasteiger partial charge in [-0.1, -0.05) is 13.8 Å². The first kappa shape index (κ1) is 12.9. The summed E-state index contributed by atoms with van der Waals surface area (Å²) in [6.45, 7) is 10.5. The molecule has 0 saturated carbocycles. The highest BCUT2D eigenvalue weighted by molar-refractivity contribution is 4.82. The average molecular weight is 214 g/mol. The standard InChI is InChI=1S/C12H26N2O/c1-3-9-15-10-8-14-6-4-12(2,11-13)5-7-14/h3-11,13H2,1-2H3. The highest BCUT2D eigenvalue weighted by atomic mass is 16.5. The van der Waals surface area contributed by atoms with Crippen LogP contribution in [0.15, 0.2) is 0 Å². The zero-order valence-electron chi connectivity index (χ0n) is 10.3. The summed E-state index contributed by atoms with van der Waals surface area (Å²) in [6, 6.07) is 0. The zero-order valence-corrected chi connectivity index (χ0v) is 10.3. The van der Waals surface area contributed by atoms with Crippen molar-refractivity contribution >= 4 is 0 Å². The van der Waals surface area contributed by atoms with E-state index in [4.69, 9.17) is 10.5 Å². The van der Waals surface area contributed by atoms with Gasteiger partial charge in [-0.05, 0) is 44.3 Å². The van der Waals surface area contributed by atoms with Crippen LogP contribution in [0.3, 0.4) is 0 Å². The van der Waals surface area contributed by atoms with Crippen molar-refractivity contribution in [3.63, 3.8) is 0 Å². The van der Waals surface area contributed by atoms with E-state index in [0.29, 0.717) is 5.41 Å². The number of rotatable bonds is 6. The van der Waals surface area contributed by atoms with Crippen LogP contribution in [0.5, 0.6) is 0 Å². The molecule has 0 aromatic heterocycles. The smallest absolute Gasteiger partial charge is 0.0593 e. The molecule has 1 heterocycles. The van der Waals surface area contributed by atoms with Gasteiger partial charge in [0.25, 0.3) is 0 Å². The number of ether oxygens (including phenoxy) is 1. The van der Waals surface area contributed by atoms with Crippen LogP contribution in [0, 0.1) is 5.41 Å². The van der Waals surface area contributed by atoms with E-state index in [1.54, 1.807) is 0 Å². The van der Waals surface area contributed by atoms with E-state index in [0.717, 1.165) is 32.7 Å². The van der Waals surface area contributed by atoms with Crippen molar-refractivity contribution in [3.05, 3.63) is 0 Å². The summed E-state index contributed by atoms with van der Waals surface area (Å²) in [7, 11) is 0. The van der Waals surface area contributed by atoms with Crippen LogP contribution in [-0.4, -0.2) is 44.3 Å². The van der Waals surface area contributed by atoms with Crippen LogP contribution in [0.2, 0.25) is 0 Å². The van der Waals surface area contributed by atoms with E-state index >= 15 is 0 Å². The summed E-state index contributed by atoms with van der Waals surface area (Å²) in [4.78, 5) is 2.49. The lowest BCUT2D eigenvalue weighted by atomic mass is 9.80. The predicted octanol–water partition coefficient (Wildman–Crippen LogP) is 1.47. The van der Waals surface area contributed by atoms with Gasteiger partial charge in [-0.15, -0.1) is 0 Å². The van der Waals surface area contributed by atoms with Gasteiger partial charge in [0.05, 0.1) is 6.61 Å². The molecule has 0 spiro atoms. The van der Waals surface area contributed by atoms with Gasteiger partial charge in [0.2, 0.25) is 0 Å². The molecule has 0 aromatic rings. The van der Waals surface area contributed by atoms with Gasteiger partial charge < -0.3 is 15.4 Å². The van der Waals surface area contributed by atoms with Crippen molar-refractivity contribution in [1.29, 1.82) is 0 Å². The highest BCUT2D eigenvalue weighted by Crippen LogP contribution is 2.28. The molecule has 0 aliphatic carbocycles. The number of hydrogen-bond acceptors (Lipinski definition) is 3. The number of hydrogen-bond donors (Lipinski definition) is 1. The quantitative estimate of drug-likeness (QED) is 0.681. The monoisotopic (exact) mass is 214 g/mol. The molecule has 1 saturated heterocycles. The third-order valence-electron chi connectivity index (χ3n) is 3.46. The molecule has 0 amide bonds. The van der Waals surface area contributed by atoms with E-state index in [1.165, 1.54) is 25.9 Å². The maximum Gasteiger partial charge on any atom is 0.0593 e. The Kier molecular flexibility index (Phi) is 5.58. The molecule has 3 nitrogen and oxygen atoms in total. The fraction of sp³-hybridized carbons (Fsp3) is 1.00. The second-order valence-electron chi connectivity index (χ2n) is 4.97. The highest BCUT2D eigenvalue weighted by Gasteiger charge is 2.28. The van der Waals surface area contributed by atoms with E-state index < -0.39 is 0 Å². The van der Waals surface area contributed by atoms with Crippen molar-refractivity contribution in [1.82, 2.24) is 4.90 Å². The van der Waals surface area contributed by atoms with Crippen molar-refractivity contribution in [2.24, 2.45) is 11.1 Å². The zero-order chi connectivity index (χ0) is 11.1. The van der Waals surface area contributed by atoms with E-state index in [1.807, 2.05) is 0 Å². The number of likely N-dealkylation sites (tertiary alicyclic amines) is 1. The molecule has 0 bridgehead atoms. The van der Waals surface area contributed by atoms with Crippen LogP contribution in [0.25, 0.3) is 0 Å². The maximum atomic E-state index is 5.78. The normalized spacial score (nSPS) is 21.8. The van der Waals surface area contributed by atoms with Crippen molar-refractivity contribution in [2.45, 2.75) is 33.1 Å². The largest absolute Gasteiger partial charge is 0.380 e.